The number of fused-ring (bicyclic) bond motifs is 1. The van der Waals surface area contributed by atoms with Crippen LogP contribution in [0.15, 0.2) is 16.6 Å². The van der Waals surface area contributed by atoms with E-state index in [0.29, 0.717) is 4.83 Å². The van der Waals surface area contributed by atoms with Crippen molar-refractivity contribution in [3.05, 3.63) is 27.2 Å². The molecule has 1 aromatic rings. The normalized spacial score (nSPS) is 30.6. The molecule has 3 unspecified atom stereocenters. The average Bonchev–Trinajstić information content (AvgIpc) is 3.11. The van der Waals surface area contributed by atoms with Gasteiger partial charge in [0.15, 0.2) is 0 Å². The van der Waals surface area contributed by atoms with Gasteiger partial charge in [-0.3, -0.25) is 0 Å². The van der Waals surface area contributed by atoms with Crippen LogP contribution in [0.25, 0.3) is 0 Å². The Hall–Kier alpha value is 0.270. The molecular formula is C15H17Br2ClO. The molecule has 3 atom stereocenters. The van der Waals surface area contributed by atoms with E-state index >= 15 is 0 Å². The second kappa shape index (κ2) is 5.57. The van der Waals surface area contributed by atoms with Crippen molar-refractivity contribution in [1.82, 2.24) is 0 Å². The quantitative estimate of drug-likeness (QED) is 0.559. The summed E-state index contributed by atoms with van der Waals surface area (Å²) in [4.78, 5) is 0.352. The van der Waals surface area contributed by atoms with Crippen LogP contribution in [0, 0.1) is 17.8 Å². The summed E-state index contributed by atoms with van der Waals surface area (Å²) in [6.45, 7) is 0. The number of benzene rings is 1. The molecule has 0 bridgehead atoms. The van der Waals surface area contributed by atoms with Gasteiger partial charge in [-0.25, -0.2) is 0 Å². The van der Waals surface area contributed by atoms with Gasteiger partial charge in [-0.1, -0.05) is 40.4 Å². The van der Waals surface area contributed by atoms with Gasteiger partial charge in [-0.2, -0.15) is 0 Å². The van der Waals surface area contributed by atoms with E-state index in [1.54, 1.807) is 7.11 Å². The molecular weight excluding hydrogens is 391 g/mol. The molecule has 0 aliphatic heterocycles. The van der Waals surface area contributed by atoms with Crippen LogP contribution in [-0.2, 0) is 0 Å². The molecule has 3 rings (SSSR count). The Morgan fingerprint density at radius 3 is 2.47 bits per heavy atom. The fraction of sp³-hybridized carbons (Fsp3) is 0.600. The Kier molecular flexibility index (Phi) is 4.17. The number of hydrogen-bond acceptors (Lipinski definition) is 1. The van der Waals surface area contributed by atoms with Crippen LogP contribution in [0.2, 0.25) is 5.02 Å². The van der Waals surface area contributed by atoms with Crippen molar-refractivity contribution >= 4 is 43.5 Å². The Morgan fingerprint density at radius 1 is 1.26 bits per heavy atom. The second-order valence-electron chi connectivity index (χ2n) is 5.60. The molecule has 0 saturated heterocycles. The van der Waals surface area contributed by atoms with Crippen LogP contribution in [0.5, 0.6) is 5.75 Å². The van der Waals surface area contributed by atoms with E-state index in [9.17, 15) is 0 Å². The lowest BCUT2D eigenvalue weighted by Gasteiger charge is -2.16. The van der Waals surface area contributed by atoms with Gasteiger partial charge in [0, 0.05) is 15.4 Å². The number of halogens is 3. The Bertz CT molecular complexity index is 479. The van der Waals surface area contributed by atoms with E-state index in [-0.39, 0.29) is 0 Å². The standard InChI is InChI=1S/C15H17Br2ClO/c1-19-15-11(6-8(18)7-12(15)16)14(17)13-9-4-2-3-5-10(9)13/h6-7,9-10,13-14H,2-5H2,1H3. The first-order valence-electron chi connectivity index (χ1n) is 6.80. The molecule has 4 heteroatoms. The van der Waals surface area contributed by atoms with Gasteiger partial charge in [0.2, 0.25) is 0 Å². The summed E-state index contributed by atoms with van der Waals surface area (Å²) in [5, 5.41) is 0.760. The van der Waals surface area contributed by atoms with Crippen LogP contribution >= 0.6 is 43.5 Å². The van der Waals surface area contributed by atoms with E-state index in [1.165, 1.54) is 31.2 Å². The molecule has 0 aromatic heterocycles. The summed E-state index contributed by atoms with van der Waals surface area (Å²) < 4.78 is 6.48. The number of ether oxygens (including phenoxy) is 1. The highest BCUT2D eigenvalue weighted by atomic mass is 79.9. The van der Waals surface area contributed by atoms with Crippen LogP contribution < -0.4 is 4.74 Å². The molecule has 104 valence electrons. The van der Waals surface area contributed by atoms with Crippen molar-refractivity contribution in [2.45, 2.75) is 30.5 Å². The third-order valence-electron chi connectivity index (χ3n) is 4.60. The molecule has 1 aromatic carbocycles. The van der Waals surface area contributed by atoms with Gasteiger partial charge in [-0.05, 0) is 58.7 Å². The number of methoxy groups -OCH3 is 1. The SMILES string of the molecule is COc1c(Br)cc(Cl)cc1C(Br)C1C2CCCCC21. The topological polar surface area (TPSA) is 9.23 Å². The molecule has 2 saturated carbocycles. The summed E-state index contributed by atoms with van der Waals surface area (Å²) in [5.74, 6) is 3.47. The third-order valence-corrected chi connectivity index (χ3v) is 6.51. The maximum Gasteiger partial charge on any atom is 0.137 e. The first-order valence-corrected chi connectivity index (χ1v) is 8.89. The molecule has 2 fully saturated rings. The Balaban J connectivity index is 1.89. The van der Waals surface area contributed by atoms with Crippen LogP contribution in [0.3, 0.4) is 0 Å². The maximum absolute atomic E-state index is 6.19. The largest absolute Gasteiger partial charge is 0.495 e. The van der Waals surface area contributed by atoms with Crippen molar-refractivity contribution in [2.75, 3.05) is 7.11 Å². The van der Waals surface area contributed by atoms with E-state index in [1.807, 2.05) is 12.1 Å². The zero-order valence-corrected chi connectivity index (χ0v) is 14.8. The number of rotatable bonds is 3. The fourth-order valence-electron chi connectivity index (χ4n) is 3.69. The van der Waals surface area contributed by atoms with Gasteiger partial charge in [0.1, 0.15) is 5.75 Å². The van der Waals surface area contributed by atoms with E-state index < -0.39 is 0 Å². The first-order chi connectivity index (χ1) is 9.13. The van der Waals surface area contributed by atoms with Crippen molar-refractivity contribution in [2.24, 2.45) is 17.8 Å². The monoisotopic (exact) mass is 406 g/mol. The highest BCUT2D eigenvalue weighted by molar-refractivity contribution is 9.10. The van der Waals surface area contributed by atoms with Crippen molar-refractivity contribution < 1.29 is 4.74 Å². The molecule has 0 N–H and O–H groups in total. The van der Waals surface area contributed by atoms with Gasteiger partial charge < -0.3 is 4.74 Å². The summed E-state index contributed by atoms with van der Waals surface area (Å²) in [6, 6.07) is 3.93. The molecule has 2 aliphatic rings. The van der Waals surface area contributed by atoms with Crippen LogP contribution in [0.4, 0.5) is 0 Å². The molecule has 19 heavy (non-hydrogen) atoms. The van der Waals surface area contributed by atoms with Crippen molar-refractivity contribution in [3.63, 3.8) is 0 Å². The molecule has 0 heterocycles. The first kappa shape index (κ1) is 14.2. The number of hydrogen-bond donors (Lipinski definition) is 0. The lowest BCUT2D eigenvalue weighted by molar-refractivity contribution is 0.405. The van der Waals surface area contributed by atoms with Gasteiger partial charge in [-0.15, -0.1) is 0 Å². The van der Waals surface area contributed by atoms with E-state index in [0.717, 1.165) is 33.0 Å². The second-order valence-corrected chi connectivity index (χ2v) is 7.88. The predicted molar refractivity (Wildman–Crippen MR) is 86.3 cm³/mol. The molecule has 0 radical (unpaired) electrons. The van der Waals surface area contributed by atoms with Crippen LogP contribution in [-0.4, -0.2) is 7.11 Å². The van der Waals surface area contributed by atoms with Crippen LogP contribution in [0.1, 0.15) is 36.1 Å². The zero-order valence-electron chi connectivity index (χ0n) is 10.8. The van der Waals surface area contributed by atoms with Crippen molar-refractivity contribution in [1.29, 1.82) is 0 Å². The van der Waals surface area contributed by atoms with Gasteiger partial charge in [0.05, 0.1) is 11.6 Å². The minimum Gasteiger partial charge on any atom is -0.495 e. The average molecular weight is 409 g/mol. The lowest BCUT2D eigenvalue weighted by atomic mass is 10.0. The minimum atomic E-state index is 0.352. The fourth-order valence-corrected chi connectivity index (χ4v) is 5.81. The number of alkyl halides is 1. The molecule has 0 spiro atoms. The Labute approximate surface area is 136 Å². The summed E-state index contributed by atoms with van der Waals surface area (Å²) in [5.41, 5.74) is 1.18. The third kappa shape index (κ3) is 2.58. The van der Waals surface area contributed by atoms with E-state index in [4.69, 9.17) is 16.3 Å². The molecule has 2 aliphatic carbocycles. The summed E-state index contributed by atoms with van der Waals surface area (Å²) in [6.07, 6.45) is 5.57. The predicted octanol–water partition coefficient (Wildman–Crippen LogP) is 5.98. The minimum absolute atomic E-state index is 0.352. The zero-order chi connectivity index (χ0) is 13.6. The smallest absolute Gasteiger partial charge is 0.137 e. The molecule has 1 nitrogen and oxygen atoms in total. The highest BCUT2D eigenvalue weighted by Crippen LogP contribution is 2.63. The molecule has 0 amide bonds. The van der Waals surface area contributed by atoms with E-state index in [2.05, 4.69) is 31.9 Å². The summed E-state index contributed by atoms with van der Waals surface area (Å²) >= 11 is 13.6. The Morgan fingerprint density at radius 2 is 1.89 bits per heavy atom. The van der Waals surface area contributed by atoms with Crippen molar-refractivity contribution in [3.8, 4) is 5.75 Å². The maximum atomic E-state index is 6.19. The highest BCUT2D eigenvalue weighted by Gasteiger charge is 2.54. The van der Waals surface area contributed by atoms with Gasteiger partial charge in [0.25, 0.3) is 0 Å². The lowest BCUT2D eigenvalue weighted by Crippen LogP contribution is -2.00. The summed E-state index contributed by atoms with van der Waals surface area (Å²) in [7, 11) is 1.72. The van der Waals surface area contributed by atoms with Gasteiger partial charge >= 0.3 is 0 Å².